The van der Waals surface area contributed by atoms with Crippen molar-refractivity contribution in [3.8, 4) is 0 Å². The molecule has 1 unspecified atom stereocenters. The molecule has 17 heavy (non-hydrogen) atoms. The minimum Gasteiger partial charge on any atom is -0.380 e. The summed E-state index contributed by atoms with van der Waals surface area (Å²) in [5.41, 5.74) is 3.18. The first-order valence-electron chi connectivity index (χ1n) is 5.89. The molecule has 1 N–H and O–H groups in total. The number of rotatable bonds is 3. The van der Waals surface area contributed by atoms with Gasteiger partial charge in [0.25, 0.3) is 0 Å². The summed E-state index contributed by atoms with van der Waals surface area (Å²) in [5, 5.41) is 10.4. The van der Waals surface area contributed by atoms with E-state index in [2.05, 4.69) is 11.1 Å². The van der Waals surface area contributed by atoms with Gasteiger partial charge in [0, 0.05) is 18.9 Å². The summed E-state index contributed by atoms with van der Waals surface area (Å²) >= 11 is 0. The van der Waals surface area contributed by atoms with Crippen molar-refractivity contribution in [3.63, 3.8) is 0 Å². The summed E-state index contributed by atoms with van der Waals surface area (Å²) in [6.45, 7) is 6.90. The molecule has 0 spiro atoms. The number of imidazole rings is 1. The van der Waals surface area contributed by atoms with Crippen molar-refractivity contribution in [2.45, 2.75) is 33.4 Å². The van der Waals surface area contributed by atoms with Gasteiger partial charge in [0.15, 0.2) is 0 Å². The lowest BCUT2D eigenvalue weighted by atomic mass is 10.0. The zero-order valence-corrected chi connectivity index (χ0v) is 10.5. The molecule has 90 valence electrons. The summed E-state index contributed by atoms with van der Waals surface area (Å²) in [7, 11) is 0. The normalized spacial score (nSPS) is 12.7. The lowest BCUT2D eigenvalue weighted by Gasteiger charge is -2.15. The zero-order valence-electron chi connectivity index (χ0n) is 10.5. The number of aryl methyl sites for hydroxylation is 3. The summed E-state index contributed by atoms with van der Waals surface area (Å²) in [5.74, 6) is 0.709. The zero-order chi connectivity index (χ0) is 12.4. The number of benzene rings is 1. The van der Waals surface area contributed by atoms with Crippen LogP contribution in [0.1, 0.15) is 35.5 Å². The van der Waals surface area contributed by atoms with Crippen LogP contribution < -0.4 is 0 Å². The van der Waals surface area contributed by atoms with Crippen LogP contribution in [0.4, 0.5) is 0 Å². The molecule has 1 aromatic carbocycles. The molecule has 2 rings (SSSR count). The van der Waals surface area contributed by atoms with E-state index in [4.69, 9.17) is 0 Å². The summed E-state index contributed by atoms with van der Waals surface area (Å²) in [6, 6.07) is 6.11. The first-order chi connectivity index (χ1) is 8.13. The minimum atomic E-state index is -0.648. The fraction of sp³-hybridized carbons (Fsp3) is 0.357. The summed E-state index contributed by atoms with van der Waals surface area (Å²) in [6.07, 6.45) is 2.97. The molecular weight excluding hydrogens is 212 g/mol. The van der Waals surface area contributed by atoms with Gasteiger partial charge in [0.2, 0.25) is 0 Å². The Labute approximate surface area is 102 Å². The highest BCUT2D eigenvalue weighted by Crippen LogP contribution is 2.24. The van der Waals surface area contributed by atoms with Crippen molar-refractivity contribution < 1.29 is 5.11 Å². The van der Waals surface area contributed by atoms with E-state index in [0.717, 1.165) is 23.2 Å². The molecule has 1 heterocycles. The molecule has 2 aromatic rings. The average Bonchev–Trinajstić information content (AvgIpc) is 2.79. The van der Waals surface area contributed by atoms with Gasteiger partial charge in [-0.3, -0.25) is 0 Å². The van der Waals surface area contributed by atoms with Crippen molar-refractivity contribution in [2.75, 3.05) is 0 Å². The molecule has 3 nitrogen and oxygen atoms in total. The van der Waals surface area contributed by atoms with Gasteiger partial charge in [0.05, 0.1) is 0 Å². The van der Waals surface area contributed by atoms with Gasteiger partial charge < -0.3 is 9.67 Å². The Kier molecular flexibility index (Phi) is 3.29. The maximum Gasteiger partial charge on any atom is 0.142 e. The highest BCUT2D eigenvalue weighted by Gasteiger charge is 2.17. The van der Waals surface area contributed by atoms with E-state index in [-0.39, 0.29) is 0 Å². The predicted octanol–water partition coefficient (Wildman–Crippen LogP) is 2.60. The molecule has 1 aromatic heterocycles. The van der Waals surface area contributed by atoms with Crippen LogP contribution in [-0.2, 0) is 6.54 Å². The van der Waals surface area contributed by atoms with Gasteiger partial charge >= 0.3 is 0 Å². The van der Waals surface area contributed by atoms with Gasteiger partial charge in [-0.2, -0.15) is 0 Å². The molecule has 0 aliphatic carbocycles. The highest BCUT2D eigenvalue weighted by atomic mass is 16.3. The first-order valence-corrected chi connectivity index (χ1v) is 5.89. The standard InChI is InChI=1S/C14H18N2O/c1-4-16-8-7-15-14(16)13(17)12-9-10(2)5-6-11(12)3/h5-9,13,17H,4H2,1-3H3. The molecule has 0 saturated carbocycles. The Morgan fingerprint density at radius 2 is 2.12 bits per heavy atom. The van der Waals surface area contributed by atoms with E-state index in [9.17, 15) is 5.11 Å². The molecule has 0 amide bonds. The first kappa shape index (κ1) is 11.9. The highest BCUT2D eigenvalue weighted by molar-refractivity contribution is 5.34. The van der Waals surface area contributed by atoms with Crippen LogP contribution >= 0.6 is 0 Å². The topological polar surface area (TPSA) is 38.0 Å². The van der Waals surface area contributed by atoms with Crippen LogP contribution in [0, 0.1) is 13.8 Å². The molecule has 0 fully saturated rings. The Morgan fingerprint density at radius 1 is 1.35 bits per heavy atom. The van der Waals surface area contributed by atoms with Crippen LogP contribution in [0.5, 0.6) is 0 Å². The van der Waals surface area contributed by atoms with Crippen LogP contribution in [0.25, 0.3) is 0 Å². The third-order valence-electron chi connectivity index (χ3n) is 3.06. The lowest BCUT2D eigenvalue weighted by Crippen LogP contribution is -2.10. The van der Waals surface area contributed by atoms with Crippen molar-refractivity contribution >= 4 is 0 Å². The van der Waals surface area contributed by atoms with E-state index < -0.39 is 6.10 Å². The van der Waals surface area contributed by atoms with Crippen LogP contribution in [0.3, 0.4) is 0 Å². The Morgan fingerprint density at radius 3 is 2.82 bits per heavy atom. The molecule has 0 saturated heterocycles. The fourth-order valence-electron chi connectivity index (χ4n) is 2.03. The van der Waals surface area contributed by atoms with Gasteiger partial charge in [0.1, 0.15) is 11.9 Å². The SMILES string of the molecule is CCn1ccnc1C(O)c1cc(C)ccc1C. The molecule has 0 aliphatic rings. The summed E-state index contributed by atoms with van der Waals surface area (Å²) in [4.78, 5) is 4.25. The predicted molar refractivity (Wildman–Crippen MR) is 67.9 cm³/mol. The molecule has 0 radical (unpaired) electrons. The Bertz CT molecular complexity index is 517. The third-order valence-corrected chi connectivity index (χ3v) is 3.06. The Balaban J connectivity index is 2.43. The number of aliphatic hydroxyl groups is 1. The van der Waals surface area contributed by atoms with Gasteiger partial charge in [-0.25, -0.2) is 4.98 Å². The van der Waals surface area contributed by atoms with E-state index >= 15 is 0 Å². The van der Waals surface area contributed by atoms with Crippen molar-refractivity contribution in [3.05, 3.63) is 53.1 Å². The molecule has 1 atom stereocenters. The molecule has 0 aliphatic heterocycles. The van der Waals surface area contributed by atoms with E-state index in [1.54, 1.807) is 6.20 Å². The monoisotopic (exact) mass is 230 g/mol. The van der Waals surface area contributed by atoms with Crippen molar-refractivity contribution in [1.82, 2.24) is 9.55 Å². The lowest BCUT2D eigenvalue weighted by molar-refractivity contribution is 0.204. The minimum absolute atomic E-state index is 0.648. The van der Waals surface area contributed by atoms with Crippen LogP contribution in [-0.4, -0.2) is 14.7 Å². The average molecular weight is 230 g/mol. The van der Waals surface area contributed by atoms with Gasteiger partial charge in [-0.15, -0.1) is 0 Å². The smallest absolute Gasteiger partial charge is 0.142 e. The third kappa shape index (κ3) is 2.24. The van der Waals surface area contributed by atoms with Crippen molar-refractivity contribution in [2.24, 2.45) is 0 Å². The van der Waals surface area contributed by atoms with Crippen molar-refractivity contribution in [1.29, 1.82) is 0 Å². The van der Waals surface area contributed by atoms with E-state index in [1.807, 2.05) is 43.7 Å². The second kappa shape index (κ2) is 4.72. The quantitative estimate of drug-likeness (QED) is 0.880. The number of aliphatic hydroxyl groups excluding tert-OH is 1. The van der Waals surface area contributed by atoms with Crippen LogP contribution in [0.15, 0.2) is 30.6 Å². The number of hydrogen-bond acceptors (Lipinski definition) is 2. The largest absolute Gasteiger partial charge is 0.380 e. The van der Waals surface area contributed by atoms with Gasteiger partial charge in [-0.05, 0) is 31.9 Å². The Hall–Kier alpha value is -1.61. The maximum absolute atomic E-state index is 10.4. The second-order valence-corrected chi connectivity index (χ2v) is 4.33. The molecule has 3 heteroatoms. The molecule has 0 bridgehead atoms. The number of hydrogen-bond donors (Lipinski definition) is 1. The molecular formula is C14H18N2O. The van der Waals surface area contributed by atoms with Gasteiger partial charge in [-0.1, -0.05) is 23.8 Å². The fourth-order valence-corrected chi connectivity index (χ4v) is 2.03. The number of nitrogens with zero attached hydrogens (tertiary/aromatic N) is 2. The number of aromatic nitrogens is 2. The van der Waals surface area contributed by atoms with E-state index in [0.29, 0.717) is 5.82 Å². The summed E-state index contributed by atoms with van der Waals surface area (Å²) < 4.78 is 1.96. The van der Waals surface area contributed by atoms with Crippen LogP contribution in [0.2, 0.25) is 0 Å². The maximum atomic E-state index is 10.4. The van der Waals surface area contributed by atoms with E-state index in [1.165, 1.54) is 0 Å². The second-order valence-electron chi connectivity index (χ2n) is 4.33.